The summed E-state index contributed by atoms with van der Waals surface area (Å²) in [6, 6.07) is 12.8. The smallest absolute Gasteiger partial charge is 0.192 e. The zero-order valence-electron chi connectivity index (χ0n) is 23.0. The Kier molecular flexibility index (Phi) is 9.86. The van der Waals surface area contributed by atoms with Crippen LogP contribution in [0.3, 0.4) is 0 Å². The predicted molar refractivity (Wildman–Crippen MR) is 158 cm³/mol. The van der Waals surface area contributed by atoms with Crippen molar-refractivity contribution in [1.82, 2.24) is 0 Å². The summed E-state index contributed by atoms with van der Waals surface area (Å²) >= 11 is 6.61. The van der Waals surface area contributed by atoms with E-state index < -0.39 is 16.6 Å². The first kappa shape index (κ1) is 30.9. The van der Waals surface area contributed by atoms with E-state index in [1.54, 1.807) is 24.3 Å². The van der Waals surface area contributed by atoms with Crippen LogP contribution in [0.2, 0.25) is 22.2 Å². The van der Waals surface area contributed by atoms with E-state index in [4.69, 9.17) is 4.12 Å². The number of halogens is 4. The second-order valence-electron chi connectivity index (χ2n) is 11.9. The van der Waals surface area contributed by atoms with E-state index in [2.05, 4.69) is 101 Å². The Hall–Kier alpha value is -0.346. The van der Waals surface area contributed by atoms with Gasteiger partial charge in [0.25, 0.3) is 0 Å². The molecule has 4 atom stereocenters. The van der Waals surface area contributed by atoms with E-state index in [9.17, 15) is 8.78 Å². The number of hydrogen-bond acceptors (Lipinski definition) is 1. The first-order chi connectivity index (χ1) is 16.0. The first-order valence-corrected chi connectivity index (χ1v) is 18.5. The Labute approximate surface area is 231 Å². The van der Waals surface area contributed by atoms with E-state index in [-0.39, 0.29) is 32.8 Å². The second kappa shape index (κ2) is 11.2. The third-order valence-electron chi connectivity index (χ3n) is 8.24. The van der Waals surface area contributed by atoms with Crippen molar-refractivity contribution in [3.8, 4) is 0 Å². The zero-order valence-corrected chi connectivity index (χ0v) is 28.1. The van der Waals surface area contributed by atoms with E-state index in [1.807, 2.05) is 12.1 Å². The van der Waals surface area contributed by atoms with Gasteiger partial charge in [-0.3, -0.25) is 0 Å². The summed E-state index contributed by atoms with van der Waals surface area (Å²) in [5.74, 6) is -0.480. The SMILES string of the molecule is CC[Si](O[Si](CC)(C(C)c1ccc(Br)c(F)c1)C(C)(C)C)(C(C)c1ccc(Br)c(F)c1)C(C)(C)C. The van der Waals surface area contributed by atoms with E-state index in [0.717, 1.165) is 23.2 Å². The van der Waals surface area contributed by atoms with Crippen molar-refractivity contribution in [3.63, 3.8) is 0 Å². The van der Waals surface area contributed by atoms with Gasteiger partial charge in [0, 0.05) is 11.1 Å². The largest absolute Gasteiger partial charge is 0.453 e. The lowest BCUT2D eigenvalue weighted by Crippen LogP contribution is -2.64. The van der Waals surface area contributed by atoms with Crippen LogP contribution in [0.4, 0.5) is 8.78 Å². The lowest BCUT2D eigenvalue weighted by atomic mass is 10.1. The van der Waals surface area contributed by atoms with Gasteiger partial charge in [-0.15, -0.1) is 0 Å². The maximum Gasteiger partial charge on any atom is 0.192 e. The van der Waals surface area contributed by atoms with E-state index >= 15 is 0 Å². The molecule has 0 bridgehead atoms. The monoisotopic (exact) mass is 646 g/mol. The Morgan fingerprint density at radius 3 is 1.26 bits per heavy atom. The maximum absolute atomic E-state index is 14.6. The molecule has 0 aliphatic rings. The summed E-state index contributed by atoms with van der Waals surface area (Å²) < 4.78 is 38.1. The fourth-order valence-electron chi connectivity index (χ4n) is 6.03. The van der Waals surface area contributed by atoms with Crippen LogP contribution in [-0.4, -0.2) is 16.6 Å². The van der Waals surface area contributed by atoms with Crippen LogP contribution in [0, 0.1) is 11.6 Å². The van der Waals surface area contributed by atoms with Gasteiger partial charge in [0.05, 0.1) is 8.95 Å². The molecule has 0 N–H and O–H groups in total. The minimum Gasteiger partial charge on any atom is -0.453 e. The maximum atomic E-state index is 14.6. The van der Waals surface area contributed by atoms with Crippen molar-refractivity contribution >= 4 is 48.5 Å². The van der Waals surface area contributed by atoms with Gasteiger partial charge < -0.3 is 4.12 Å². The Morgan fingerprint density at radius 2 is 1.03 bits per heavy atom. The van der Waals surface area contributed by atoms with Crippen LogP contribution < -0.4 is 0 Å². The number of hydrogen-bond donors (Lipinski definition) is 0. The summed E-state index contributed by atoms with van der Waals surface area (Å²) in [6.07, 6.45) is 0. The highest BCUT2D eigenvalue weighted by Gasteiger charge is 2.59. The summed E-state index contributed by atoms with van der Waals surface area (Å²) in [7, 11) is -5.13. The van der Waals surface area contributed by atoms with Crippen molar-refractivity contribution in [2.75, 3.05) is 0 Å². The summed E-state index contributed by atoms with van der Waals surface area (Å²) in [5, 5.41) is -0.178. The lowest BCUT2D eigenvalue weighted by Gasteiger charge is -2.57. The average molecular weight is 649 g/mol. The van der Waals surface area contributed by atoms with Gasteiger partial charge >= 0.3 is 0 Å². The third kappa shape index (κ3) is 5.89. The lowest BCUT2D eigenvalue weighted by molar-refractivity contribution is 0.398. The molecular weight excluding hydrogens is 606 g/mol. The first-order valence-electron chi connectivity index (χ1n) is 12.6. The summed E-state index contributed by atoms with van der Waals surface area (Å²) in [4.78, 5) is 0. The van der Waals surface area contributed by atoms with Crippen LogP contribution in [0.25, 0.3) is 0 Å². The highest BCUT2D eigenvalue weighted by atomic mass is 79.9. The molecule has 7 heteroatoms. The highest BCUT2D eigenvalue weighted by molar-refractivity contribution is 9.10. The van der Waals surface area contributed by atoms with Crippen molar-refractivity contribution in [2.24, 2.45) is 0 Å². The Bertz CT molecular complexity index is 953. The molecule has 35 heavy (non-hydrogen) atoms. The molecule has 1 nitrogen and oxygen atoms in total. The van der Waals surface area contributed by atoms with Gasteiger partial charge in [0.2, 0.25) is 0 Å². The summed E-state index contributed by atoms with van der Waals surface area (Å²) in [5.41, 5.74) is 2.16. The van der Waals surface area contributed by atoms with Crippen LogP contribution in [-0.2, 0) is 4.12 Å². The number of benzene rings is 2. The van der Waals surface area contributed by atoms with Gasteiger partial charge in [-0.25, -0.2) is 8.78 Å². The van der Waals surface area contributed by atoms with Gasteiger partial charge in [0.15, 0.2) is 16.6 Å². The minimum absolute atomic E-state index is 0.0877. The van der Waals surface area contributed by atoms with Gasteiger partial charge in [0.1, 0.15) is 11.6 Å². The molecule has 0 heterocycles. The molecule has 0 radical (unpaired) electrons. The molecule has 0 aliphatic heterocycles. The fraction of sp³-hybridized carbons (Fsp3) is 0.571. The predicted octanol–water partition coefficient (Wildman–Crippen LogP) is 11.0. The molecule has 2 rings (SSSR count). The van der Waals surface area contributed by atoms with Crippen LogP contribution in [0.15, 0.2) is 45.3 Å². The molecule has 2 aromatic rings. The van der Waals surface area contributed by atoms with E-state index in [1.165, 1.54) is 0 Å². The normalized spacial score (nSPS) is 18.0. The molecule has 0 aromatic heterocycles. The summed E-state index contributed by atoms with van der Waals surface area (Å²) in [6.45, 7) is 22.7. The second-order valence-corrected chi connectivity index (χ2v) is 24.1. The molecular formula is C28H42Br2F2OSi2. The molecule has 0 amide bonds. The third-order valence-corrected chi connectivity index (χ3v) is 23.1. The minimum atomic E-state index is -2.57. The molecule has 0 spiro atoms. The molecule has 4 unspecified atom stereocenters. The quantitative estimate of drug-likeness (QED) is 0.259. The molecule has 0 aliphatic carbocycles. The van der Waals surface area contributed by atoms with Crippen LogP contribution in [0.5, 0.6) is 0 Å². The standard InChI is InChI=1S/C28H42Br2F2OSi2/c1-11-34(27(5,6)7,19(3)21-13-15-23(29)25(31)17-21)33-35(12-2,28(8,9)10)20(4)22-14-16-24(30)26(32)18-22/h13-20H,11-12H2,1-10H3. The van der Waals surface area contributed by atoms with Crippen molar-refractivity contribution < 1.29 is 12.9 Å². The molecule has 196 valence electrons. The van der Waals surface area contributed by atoms with Gasteiger partial charge in [-0.2, -0.15) is 0 Å². The Balaban J connectivity index is 2.77. The fourth-order valence-corrected chi connectivity index (χ4v) is 21.5. The van der Waals surface area contributed by atoms with Crippen molar-refractivity contribution in [2.45, 2.75) is 102 Å². The van der Waals surface area contributed by atoms with Crippen molar-refractivity contribution in [1.29, 1.82) is 0 Å². The average Bonchev–Trinajstić information content (AvgIpc) is 2.76. The van der Waals surface area contributed by atoms with Gasteiger partial charge in [-0.1, -0.05) is 81.4 Å². The highest BCUT2D eigenvalue weighted by Crippen LogP contribution is 2.56. The van der Waals surface area contributed by atoms with Gasteiger partial charge in [-0.05, 0) is 89.4 Å². The topological polar surface area (TPSA) is 9.23 Å². The molecule has 0 saturated heterocycles. The molecule has 0 fully saturated rings. The van der Waals surface area contributed by atoms with E-state index in [0.29, 0.717) is 8.95 Å². The van der Waals surface area contributed by atoms with Crippen molar-refractivity contribution in [3.05, 3.63) is 68.1 Å². The number of rotatable bonds is 8. The molecule has 0 saturated carbocycles. The van der Waals surface area contributed by atoms with Crippen LogP contribution in [0.1, 0.15) is 91.4 Å². The van der Waals surface area contributed by atoms with Crippen LogP contribution >= 0.6 is 31.9 Å². The Morgan fingerprint density at radius 1 is 0.714 bits per heavy atom. The molecule has 2 aromatic carbocycles. The zero-order chi connectivity index (χ0) is 27.0.